The first kappa shape index (κ1) is 17.0. The summed E-state index contributed by atoms with van der Waals surface area (Å²) >= 11 is 3.24. The lowest BCUT2D eigenvalue weighted by molar-refractivity contribution is 0.0841. The SMILES string of the molecule is Cc1nn(C)c(C)c1-c1cc(C(=O)NNC(=O)c2cc(Br)c[nH]2)[nH]n1. The molecule has 3 heterocycles. The van der Waals surface area contributed by atoms with Crippen LogP contribution in [0.25, 0.3) is 11.3 Å². The van der Waals surface area contributed by atoms with E-state index < -0.39 is 11.8 Å². The van der Waals surface area contributed by atoms with Gasteiger partial charge in [-0.2, -0.15) is 10.2 Å². The molecule has 3 rings (SSSR count). The lowest BCUT2D eigenvalue weighted by atomic mass is 10.1. The molecule has 4 N–H and O–H groups in total. The van der Waals surface area contributed by atoms with Crippen molar-refractivity contribution in [2.45, 2.75) is 13.8 Å². The highest BCUT2D eigenvalue weighted by atomic mass is 79.9. The topological polar surface area (TPSA) is 120 Å². The summed E-state index contributed by atoms with van der Waals surface area (Å²) in [5.41, 5.74) is 8.48. The van der Waals surface area contributed by atoms with E-state index in [0.29, 0.717) is 11.4 Å². The molecule has 3 aromatic rings. The Bertz CT molecular complexity index is 953. The third-order valence-electron chi connectivity index (χ3n) is 3.77. The molecule has 2 amide bonds. The number of aromatic amines is 2. The standard InChI is InChI=1S/C15H16BrN7O2/c1-7-13(8(2)23(3)22-7)10-5-12(19-18-10)15(25)21-20-14(24)11-4-9(16)6-17-11/h4-6,17H,1-3H3,(H,18,19)(H,20,24)(H,21,25). The average molecular weight is 406 g/mol. The molecule has 0 atom stereocenters. The van der Waals surface area contributed by atoms with Crippen molar-refractivity contribution in [2.24, 2.45) is 7.05 Å². The Labute approximate surface area is 151 Å². The van der Waals surface area contributed by atoms with Gasteiger partial charge in [-0.25, -0.2) is 0 Å². The fraction of sp³-hybridized carbons (Fsp3) is 0.200. The van der Waals surface area contributed by atoms with Crippen LogP contribution in [0.4, 0.5) is 0 Å². The van der Waals surface area contributed by atoms with Crippen LogP contribution in [-0.2, 0) is 7.05 Å². The van der Waals surface area contributed by atoms with Crippen LogP contribution in [0.15, 0.2) is 22.8 Å². The summed E-state index contributed by atoms with van der Waals surface area (Å²) in [4.78, 5) is 26.8. The van der Waals surface area contributed by atoms with Gasteiger partial charge in [0.2, 0.25) is 0 Å². The zero-order chi connectivity index (χ0) is 18.1. The molecule has 25 heavy (non-hydrogen) atoms. The Balaban J connectivity index is 1.70. The molecule has 0 radical (unpaired) electrons. The molecule has 0 saturated carbocycles. The molecule has 10 heteroatoms. The number of nitrogens with zero attached hydrogens (tertiary/aromatic N) is 3. The van der Waals surface area contributed by atoms with Crippen molar-refractivity contribution < 1.29 is 9.59 Å². The summed E-state index contributed by atoms with van der Waals surface area (Å²) in [6, 6.07) is 3.22. The first-order valence-corrected chi connectivity index (χ1v) is 8.16. The van der Waals surface area contributed by atoms with E-state index in [4.69, 9.17) is 0 Å². The Morgan fingerprint density at radius 3 is 2.40 bits per heavy atom. The summed E-state index contributed by atoms with van der Waals surface area (Å²) in [6.45, 7) is 3.81. The Morgan fingerprint density at radius 1 is 1.16 bits per heavy atom. The minimum absolute atomic E-state index is 0.227. The van der Waals surface area contributed by atoms with Crippen molar-refractivity contribution >= 4 is 27.7 Å². The van der Waals surface area contributed by atoms with Crippen LogP contribution in [0.3, 0.4) is 0 Å². The maximum absolute atomic E-state index is 12.2. The van der Waals surface area contributed by atoms with Gasteiger partial charge in [0.25, 0.3) is 11.8 Å². The van der Waals surface area contributed by atoms with E-state index in [-0.39, 0.29) is 5.69 Å². The lowest BCUT2D eigenvalue weighted by Crippen LogP contribution is -2.41. The molecular formula is C15H16BrN7O2. The Morgan fingerprint density at radius 2 is 1.84 bits per heavy atom. The van der Waals surface area contributed by atoms with Crippen molar-refractivity contribution in [2.75, 3.05) is 0 Å². The molecule has 3 aromatic heterocycles. The van der Waals surface area contributed by atoms with E-state index in [1.807, 2.05) is 20.9 Å². The number of carbonyl (C=O) groups is 2. The molecule has 0 aromatic carbocycles. The van der Waals surface area contributed by atoms with Crippen molar-refractivity contribution in [3.63, 3.8) is 0 Å². The first-order valence-electron chi connectivity index (χ1n) is 7.37. The number of hydrogen-bond acceptors (Lipinski definition) is 4. The van der Waals surface area contributed by atoms with Gasteiger partial charge in [-0.3, -0.25) is 30.2 Å². The van der Waals surface area contributed by atoms with Crippen LogP contribution >= 0.6 is 15.9 Å². The number of amides is 2. The van der Waals surface area contributed by atoms with Crippen LogP contribution in [0.1, 0.15) is 32.4 Å². The molecule has 0 aliphatic rings. The van der Waals surface area contributed by atoms with Gasteiger partial charge in [-0.05, 0) is 41.9 Å². The summed E-state index contributed by atoms with van der Waals surface area (Å²) in [5.74, 6) is -0.963. The molecular weight excluding hydrogens is 390 g/mol. The molecule has 0 spiro atoms. The molecule has 9 nitrogen and oxygen atoms in total. The smallest absolute Gasteiger partial charge is 0.287 e. The fourth-order valence-corrected chi connectivity index (χ4v) is 2.80. The number of halogens is 1. The van der Waals surface area contributed by atoms with Gasteiger partial charge in [0, 0.05) is 29.0 Å². The second-order valence-electron chi connectivity index (χ2n) is 5.48. The van der Waals surface area contributed by atoms with Gasteiger partial charge in [-0.15, -0.1) is 0 Å². The molecule has 0 unspecified atom stereocenters. The number of H-pyrrole nitrogens is 2. The molecule has 0 fully saturated rings. The van der Waals surface area contributed by atoms with E-state index >= 15 is 0 Å². The minimum atomic E-state index is -0.503. The normalized spacial score (nSPS) is 10.7. The quantitative estimate of drug-likeness (QED) is 0.494. The molecule has 0 aliphatic heterocycles. The maximum Gasteiger partial charge on any atom is 0.287 e. The van der Waals surface area contributed by atoms with Crippen LogP contribution < -0.4 is 10.9 Å². The number of rotatable bonds is 3. The van der Waals surface area contributed by atoms with Crippen molar-refractivity contribution in [1.29, 1.82) is 0 Å². The van der Waals surface area contributed by atoms with Crippen LogP contribution in [0, 0.1) is 13.8 Å². The van der Waals surface area contributed by atoms with Gasteiger partial charge >= 0.3 is 0 Å². The number of carbonyl (C=O) groups excluding carboxylic acids is 2. The molecule has 130 valence electrons. The lowest BCUT2D eigenvalue weighted by Gasteiger charge is -2.04. The number of nitrogens with one attached hydrogen (secondary N) is 4. The van der Waals surface area contributed by atoms with Gasteiger partial charge in [-0.1, -0.05) is 0 Å². The molecule has 0 aliphatic carbocycles. The summed E-state index contributed by atoms with van der Waals surface area (Å²) in [6.07, 6.45) is 1.62. The van der Waals surface area contributed by atoms with E-state index in [9.17, 15) is 9.59 Å². The molecule has 0 bridgehead atoms. The van der Waals surface area contributed by atoms with Crippen LogP contribution in [0.5, 0.6) is 0 Å². The predicted octanol–water partition coefficient (Wildman–Crippen LogP) is 1.59. The van der Waals surface area contributed by atoms with E-state index in [0.717, 1.165) is 21.4 Å². The minimum Gasteiger partial charge on any atom is -0.356 e. The van der Waals surface area contributed by atoms with Crippen molar-refractivity contribution in [3.8, 4) is 11.3 Å². The zero-order valence-corrected chi connectivity index (χ0v) is 15.4. The zero-order valence-electron chi connectivity index (χ0n) is 13.8. The number of hydrazine groups is 1. The summed E-state index contributed by atoms with van der Waals surface area (Å²) < 4.78 is 2.50. The fourth-order valence-electron chi connectivity index (χ4n) is 2.46. The van der Waals surface area contributed by atoms with Gasteiger partial charge < -0.3 is 4.98 Å². The highest BCUT2D eigenvalue weighted by molar-refractivity contribution is 9.10. The van der Waals surface area contributed by atoms with Crippen LogP contribution in [-0.4, -0.2) is 36.8 Å². The summed E-state index contributed by atoms with van der Waals surface area (Å²) in [7, 11) is 1.85. The predicted molar refractivity (Wildman–Crippen MR) is 93.7 cm³/mol. The maximum atomic E-state index is 12.2. The van der Waals surface area contributed by atoms with E-state index in [2.05, 4.69) is 47.1 Å². The largest absolute Gasteiger partial charge is 0.356 e. The third-order valence-corrected chi connectivity index (χ3v) is 4.23. The monoisotopic (exact) mass is 405 g/mol. The number of aryl methyl sites for hydroxylation is 2. The van der Waals surface area contributed by atoms with E-state index in [1.165, 1.54) is 0 Å². The van der Waals surface area contributed by atoms with Crippen molar-refractivity contribution in [1.82, 2.24) is 35.8 Å². The summed E-state index contributed by atoms with van der Waals surface area (Å²) in [5, 5.41) is 11.2. The first-order chi connectivity index (χ1) is 11.9. The van der Waals surface area contributed by atoms with Gasteiger partial charge in [0.15, 0.2) is 0 Å². The van der Waals surface area contributed by atoms with Gasteiger partial charge in [0.05, 0.1) is 11.4 Å². The number of aromatic nitrogens is 5. The van der Waals surface area contributed by atoms with Gasteiger partial charge in [0.1, 0.15) is 11.4 Å². The Kier molecular flexibility index (Phi) is 4.45. The third kappa shape index (κ3) is 3.33. The van der Waals surface area contributed by atoms with Crippen molar-refractivity contribution in [3.05, 3.63) is 45.6 Å². The second kappa shape index (κ2) is 6.55. The highest BCUT2D eigenvalue weighted by Gasteiger charge is 2.17. The molecule has 0 saturated heterocycles. The van der Waals surface area contributed by atoms with Crippen LogP contribution in [0.2, 0.25) is 0 Å². The highest BCUT2D eigenvalue weighted by Crippen LogP contribution is 2.25. The van der Waals surface area contributed by atoms with E-state index in [1.54, 1.807) is 23.0 Å². The Hall–Kier alpha value is -2.88. The number of hydrogen-bond donors (Lipinski definition) is 4. The average Bonchev–Trinajstić information content (AvgIpc) is 3.26. The second-order valence-corrected chi connectivity index (χ2v) is 6.39.